The van der Waals surface area contributed by atoms with Crippen molar-refractivity contribution < 1.29 is 21.8 Å². The second-order valence-corrected chi connectivity index (χ2v) is 5.14. The first kappa shape index (κ1) is 12.1. The summed E-state index contributed by atoms with van der Waals surface area (Å²) < 4.78 is 55.5. The molecule has 3 nitrogen and oxygen atoms in total. The molecule has 1 rings (SSSR count). The van der Waals surface area contributed by atoms with Crippen LogP contribution in [0.25, 0.3) is 0 Å². The molecule has 1 N–H and O–H groups in total. The van der Waals surface area contributed by atoms with E-state index in [1.807, 2.05) is 0 Å². The molecule has 0 saturated heterocycles. The molecule has 84 valence electrons. The molecule has 0 radical (unpaired) electrons. The van der Waals surface area contributed by atoms with E-state index >= 15 is 0 Å². The van der Waals surface area contributed by atoms with Crippen molar-refractivity contribution >= 4 is 10.1 Å². The first-order valence-electron chi connectivity index (χ1n) is 4.20. The van der Waals surface area contributed by atoms with Crippen LogP contribution in [-0.4, -0.2) is 18.2 Å². The number of halogens is 2. The van der Waals surface area contributed by atoms with Crippen molar-refractivity contribution in [1.29, 1.82) is 0 Å². The Morgan fingerprint density at radius 3 is 2.13 bits per heavy atom. The zero-order chi connectivity index (χ0) is 11.6. The third-order valence-electron chi connectivity index (χ3n) is 1.95. The Labute approximate surface area is 86.5 Å². The molecule has 0 saturated carbocycles. The smallest absolute Gasteiger partial charge is 0.267 e. The third-order valence-corrected chi connectivity index (χ3v) is 3.14. The van der Waals surface area contributed by atoms with E-state index in [0.29, 0.717) is 6.07 Å². The van der Waals surface area contributed by atoms with Crippen LogP contribution in [0.3, 0.4) is 0 Å². The average molecular weight is 236 g/mol. The summed E-state index contributed by atoms with van der Waals surface area (Å²) in [5.74, 6) is -1.54. The molecule has 0 amide bonds. The molecule has 0 spiro atoms. The van der Waals surface area contributed by atoms with Gasteiger partial charge in [0.25, 0.3) is 10.1 Å². The van der Waals surface area contributed by atoms with Crippen LogP contribution in [0.2, 0.25) is 0 Å². The van der Waals surface area contributed by atoms with Gasteiger partial charge in [-0.2, -0.15) is 8.42 Å². The zero-order valence-electron chi connectivity index (χ0n) is 7.94. The third kappa shape index (κ3) is 3.56. The average Bonchev–Trinajstić information content (AvgIpc) is 1.99. The van der Waals surface area contributed by atoms with Crippen LogP contribution >= 0.6 is 0 Å². The summed E-state index contributed by atoms with van der Waals surface area (Å²) in [5.41, 5.74) is 0.192. The van der Waals surface area contributed by atoms with Crippen molar-refractivity contribution in [3.63, 3.8) is 0 Å². The molecule has 0 aliphatic heterocycles. The number of benzene rings is 1. The molecule has 0 fully saturated rings. The van der Waals surface area contributed by atoms with Crippen LogP contribution in [0.15, 0.2) is 18.2 Å². The van der Waals surface area contributed by atoms with Crippen molar-refractivity contribution in [2.24, 2.45) is 0 Å². The summed E-state index contributed by atoms with van der Waals surface area (Å²) in [7, 11) is -4.17. The van der Waals surface area contributed by atoms with Gasteiger partial charge in [0.05, 0.1) is 5.25 Å². The first-order chi connectivity index (χ1) is 6.79. The molecular weight excluding hydrogens is 226 g/mol. The molecule has 1 aromatic rings. The molecule has 0 heterocycles. The van der Waals surface area contributed by atoms with E-state index in [2.05, 4.69) is 0 Å². The minimum Gasteiger partial charge on any atom is -0.285 e. The minimum atomic E-state index is -4.17. The van der Waals surface area contributed by atoms with Gasteiger partial charge in [-0.1, -0.05) is 0 Å². The van der Waals surface area contributed by atoms with E-state index in [4.69, 9.17) is 4.55 Å². The fourth-order valence-electron chi connectivity index (χ4n) is 1.17. The summed E-state index contributed by atoms with van der Waals surface area (Å²) in [6.07, 6.45) is -0.131. The van der Waals surface area contributed by atoms with E-state index in [1.54, 1.807) is 0 Å². The lowest BCUT2D eigenvalue weighted by Crippen LogP contribution is -2.19. The summed E-state index contributed by atoms with van der Waals surface area (Å²) in [6, 6.07) is 2.76. The SMILES string of the molecule is C[C@H](Cc1cc(F)cc(F)c1)S(=O)(=O)O. The second kappa shape index (κ2) is 4.24. The van der Waals surface area contributed by atoms with E-state index in [0.717, 1.165) is 12.1 Å². The van der Waals surface area contributed by atoms with Crippen LogP contribution in [0.4, 0.5) is 8.78 Å². The van der Waals surface area contributed by atoms with E-state index in [-0.39, 0.29) is 12.0 Å². The summed E-state index contributed by atoms with van der Waals surface area (Å²) in [6.45, 7) is 1.26. The predicted octanol–water partition coefficient (Wildman–Crippen LogP) is 1.78. The highest BCUT2D eigenvalue weighted by Gasteiger charge is 2.18. The highest BCUT2D eigenvalue weighted by molar-refractivity contribution is 7.86. The minimum absolute atomic E-state index is 0.131. The van der Waals surface area contributed by atoms with Crippen molar-refractivity contribution in [3.8, 4) is 0 Å². The molecule has 15 heavy (non-hydrogen) atoms. The van der Waals surface area contributed by atoms with Gasteiger partial charge in [0.15, 0.2) is 0 Å². The van der Waals surface area contributed by atoms with E-state index < -0.39 is 27.0 Å². The van der Waals surface area contributed by atoms with Crippen LogP contribution in [0.5, 0.6) is 0 Å². The molecule has 0 aliphatic carbocycles. The van der Waals surface area contributed by atoms with Crippen LogP contribution in [0, 0.1) is 11.6 Å². The van der Waals surface area contributed by atoms with Crippen molar-refractivity contribution in [1.82, 2.24) is 0 Å². The number of hydrogen-bond acceptors (Lipinski definition) is 2. The number of rotatable bonds is 3. The lowest BCUT2D eigenvalue weighted by atomic mass is 10.1. The Bertz CT molecular complexity index is 436. The maximum atomic E-state index is 12.7. The molecular formula is C9H10F2O3S. The molecule has 0 bridgehead atoms. The summed E-state index contributed by atoms with van der Waals surface area (Å²) >= 11 is 0. The Kier molecular flexibility index (Phi) is 3.41. The first-order valence-corrected chi connectivity index (χ1v) is 5.70. The van der Waals surface area contributed by atoms with Gasteiger partial charge in [-0.15, -0.1) is 0 Å². The van der Waals surface area contributed by atoms with Crippen LogP contribution in [-0.2, 0) is 16.5 Å². The Morgan fingerprint density at radius 2 is 1.73 bits per heavy atom. The topological polar surface area (TPSA) is 54.4 Å². The maximum Gasteiger partial charge on any atom is 0.267 e. The van der Waals surface area contributed by atoms with Gasteiger partial charge in [-0.05, 0) is 31.0 Å². The van der Waals surface area contributed by atoms with E-state index in [1.165, 1.54) is 6.92 Å². The Balaban J connectivity index is 2.90. The van der Waals surface area contributed by atoms with Crippen molar-refractivity contribution in [2.75, 3.05) is 0 Å². The lowest BCUT2D eigenvalue weighted by molar-refractivity contribution is 0.469. The highest BCUT2D eigenvalue weighted by atomic mass is 32.2. The molecule has 0 aliphatic rings. The van der Waals surface area contributed by atoms with Gasteiger partial charge in [0, 0.05) is 6.07 Å². The zero-order valence-corrected chi connectivity index (χ0v) is 8.76. The highest BCUT2D eigenvalue weighted by Crippen LogP contribution is 2.12. The van der Waals surface area contributed by atoms with Crippen molar-refractivity contribution in [3.05, 3.63) is 35.4 Å². The molecule has 6 heteroatoms. The van der Waals surface area contributed by atoms with Crippen LogP contribution < -0.4 is 0 Å². The van der Waals surface area contributed by atoms with Crippen molar-refractivity contribution in [2.45, 2.75) is 18.6 Å². The van der Waals surface area contributed by atoms with E-state index in [9.17, 15) is 17.2 Å². The normalized spacial score (nSPS) is 13.9. The lowest BCUT2D eigenvalue weighted by Gasteiger charge is -2.07. The molecule has 0 aromatic heterocycles. The molecule has 0 unspecified atom stereocenters. The fraction of sp³-hybridized carbons (Fsp3) is 0.333. The molecule has 1 aromatic carbocycles. The Morgan fingerprint density at radius 1 is 1.27 bits per heavy atom. The van der Waals surface area contributed by atoms with Gasteiger partial charge in [0.1, 0.15) is 11.6 Å². The van der Waals surface area contributed by atoms with Crippen LogP contribution in [0.1, 0.15) is 12.5 Å². The summed E-state index contributed by atoms with van der Waals surface area (Å²) in [5, 5.41) is -1.08. The van der Waals surface area contributed by atoms with Gasteiger partial charge < -0.3 is 0 Å². The standard InChI is InChI=1S/C9H10F2O3S/c1-6(15(12,13)14)2-7-3-8(10)5-9(11)4-7/h3-6H,2H2,1H3,(H,12,13,14)/t6-/m1/s1. The summed E-state index contributed by atoms with van der Waals surface area (Å²) in [4.78, 5) is 0. The van der Waals surface area contributed by atoms with Gasteiger partial charge >= 0.3 is 0 Å². The van der Waals surface area contributed by atoms with Gasteiger partial charge in [-0.3, -0.25) is 4.55 Å². The second-order valence-electron chi connectivity index (χ2n) is 3.31. The molecule has 1 atom stereocenters. The van der Waals surface area contributed by atoms with Gasteiger partial charge in [0.2, 0.25) is 0 Å². The maximum absolute atomic E-state index is 12.7. The predicted molar refractivity (Wildman–Crippen MR) is 51.1 cm³/mol. The Hall–Kier alpha value is -1.01. The quantitative estimate of drug-likeness (QED) is 0.814. The largest absolute Gasteiger partial charge is 0.285 e. The fourth-order valence-corrected chi connectivity index (χ4v) is 1.57. The number of hydrogen-bond donors (Lipinski definition) is 1. The van der Waals surface area contributed by atoms with Gasteiger partial charge in [-0.25, -0.2) is 8.78 Å². The monoisotopic (exact) mass is 236 g/mol.